The molecule has 0 saturated heterocycles. The molecule has 7 nitrogen and oxygen atoms in total. The number of ether oxygens (including phenoxy) is 1. The van der Waals surface area contributed by atoms with Crippen molar-refractivity contribution in [3.05, 3.63) is 108 Å². The first kappa shape index (κ1) is 27.9. The molecule has 41 heavy (non-hydrogen) atoms. The fourth-order valence-electron chi connectivity index (χ4n) is 5.31. The maximum absolute atomic E-state index is 14.3. The van der Waals surface area contributed by atoms with Gasteiger partial charge in [-0.1, -0.05) is 80.6 Å². The van der Waals surface area contributed by atoms with Gasteiger partial charge in [-0.25, -0.2) is 0 Å². The first-order chi connectivity index (χ1) is 19.9. The molecule has 1 N–H and O–H groups in total. The second-order valence-corrected chi connectivity index (χ2v) is 10.8. The van der Waals surface area contributed by atoms with Gasteiger partial charge in [0.1, 0.15) is 18.3 Å². The Morgan fingerprint density at radius 2 is 1.61 bits per heavy atom. The lowest BCUT2D eigenvalue weighted by atomic mass is 10.0. The number of nitrogens with zero attached hydrogens (tertiary/aromatic N) is 2. The highest BCUT2D eigenvalue weighted by molar-refractivity contribution is 6.26. The maximum Gasteiger partial charge on any atom is 0.259 e. The van der Waals surface area contributed by atoms with Crippen LogP contribution in [0.1, 0.15) is 35.3 Å². The largest absolute Gasteiger partial charge is 0.497 e. The van der Waals surface area contributed by atoms with Crippen LogP contribution in [0.4, 0.5) is 5.69 Å². The van der Waals surface area contributed by atoms with E-state index in [-0.39, 0.29) is 36.7 Å². The number of rotatable bonds is 11. The van der Waals surface area contributed by atoms with Gasteiger partial charge in [0.05, 0.1) is 12.8 Å². The van der Waals surface area contributed by atoms with Gasteiger partial charge in [-0.05, 0) is 46.7 Å². The number of carbonyl (C=O) groups is 3. The molecule has 5 rings (SSSR count). The topological polar surface area (TPSA) is 79.0 Å². The van der Waals surface area contributed by atoms with E-state index < -0.39 is 6.04 Å². The molecule has 4 aromatic carbocycles. The Morgan fingerprint density at radius 1 is 0.902 bits per heavy atom. The van der Waals surface area contributed by atoms with E-state index in [1.54, 1.807) is 18.1 Å². The molecular weight excluding hydrogens is 514 g/mol. The van der Waals surface area contributed by atoms with E-state index in [1.165, 1.54) is 4.90 Å². The predicted molar refractivity (Wildman–Crippen MR) is 161 cm³/mol. The lowest BCUT2D eigenvalue weighted by Gasteiger charge is -2.33. The number of amides is 3. The van der Waals surface area contributed by atoms with Crippen LogP contribution in [0.25, 0.3) is 10.8 Å². The lowest BCUT2D eigenvalue weighted by Crippen LogP contribution is -2.53. The number of benzene rings is 4. The van der Waals surface area contributed by atoms with Crippen LogP contribution in [0.2, 0.25) is 0 Å². The summed E-state index contributed by atoms with van der Waals surface area (Å²) in [6.45, 7) is 4.56. The van der Waals surface area contributed by atoms with Gasteiger partial charge in [-0.2, -0.15) is 0 Å². The average molecular weight is 550 g/mol. The minimum absolute atomic E-state index is 0.181. The molecule has 0 bridgehead atoms. The van der Waals surface area contributed by atoms with Crippen molar-refractivity contribution in [3.63, 3.8) is 0 Å². The molecule has 1 aliphatic rings. The Labute approximate surface area is 240 Å². The van der Waals surface area contributed by atoms with Crippen molar-refractivity contribution < 1.29 is 19.1 Å². The number of hydrogen-bond donors (Lipinski definition) is 1. The van der Waals surface area contributed by atoms with Crippen LogP contribution in [0.15, 0.2) is 91.0 Å². The summed E-state index contributed by atoms with van der Waals surface area (Å²) in [4.78, 5) is 44.6. The zero-order valence-corrected chi connectivity index (χ0v) is 23.7. The number of anilines is 1. The van der Waals surface area contributed by atoms with E-state index in [9.17, 15) is 14.4 Å². The van der Waals surface area contributed by atoms with E-state index in [4.69, 9.17) is 4.74 Å². The summed E-state index contributed by atoms with van der Waals surface area (Å²) in [5, 5.41) is 4.84. The summed E-state index contributed by atoms with van der Waals surface area (Å²) in [6.07, 6.45) is 0.338. The standard InChI is InChI=1S/C34H35N3O4/c1-23(2)20-35-33(39)30(19-24-10-5-4-6-11-24)36(21-25-12-7-15-27(18-25)41-3)31(38)22-37-29-17-9-14-26-13-8-16-28(32(26)29)34(37)40/h4-18,23,30H,19-22H2,1-3H3,(H,35,39)/t30-/m0/s1. The zero-order chi connectivity index (χ0) is 28.9. The van der Waals surface area contributed by atoms with Crippen molar-refractivity contribution >= 4 is 34.2 Å². The normalized spacial score (nSPS) is 13.0. The second kappa shape index (κ2) is 12.3. The van der Waals surface area contributed by atoms with Crippen LogP contribution in [0.3, 0.4) is 0 Å². The molecule has 7 heteroatoms. The Kier molecular flexibility index (Phi) is 8.34. The van der Waals surface area contributed by atoms with Crippen LogP contribution in [-0.2, 0) is 22.6 Å². The van der Waals surface area contributed by atoms with E-state index in [0.29, 0.717) is 30.0 Å². The minimum Gasteiger partial charge on any atom is -0.497 e. The highest BCUT2D eigenvalue weighted by Crippen LogP contribution is 2.37. The molecule has 0 aromatic heterocycles. The molecule has 1 atom stereocenters. The number of carbonyl (C=O) groups excluding carboxylic acids is 3. The predicted octanol–water partition coefficient (Wildman–Crippen LogP) is 5.22. The molecule has 4 aromatic rings. The quantitative estimate of drug-likeness (QED) is 0.278. The molecule has 1 aliphatic heterocycles. The Bertz CT molecular complexity index is 1560. The summed E-state index contributed by atoms with van der Waals surface area (Å²) in [5.41, 5.74) is 3.06. The van der Waals surface area contributed by atoms with Gasteiger partial charge in [-0.15, -0.1) is 0 Å². The third-order valence-electron chi connectivity index (χ3n) is 7.39. The van der Waals surface area contributed by atoms with Gasteiger partial charge in [0.25, 0.3) is 5.91 Å². The van der Waals surface area contributed by atoms with Crippen molar-refractivity contribution in [1.29, 1.82) is 0 Å². The van der Waals surface area contributed by atoms with Gasteiger partial charge in [0, 0.05) is 30.5 Å². The van der Waals surface area contributed by atoms with Gasteiger partial charge < -0.3 is 15.0 Å². The van der Waals surface area contributed by atoms with E-state index in [2.05, 4.69) is 5.32 Å². The summed E-state index contributed by atoms with van der Waals surface area (Å²) in [5.74, 6) is 0.162. The second-order valence-electron chi connectivity index (χ2n) is 10.8. The van der Waals surface area contributed by atoms with Crippen molar-refractivity contribution in [1.82, 2.24) is 10.2 Å². The summed E-state index contributed by atoms with van der Waals surface area (Å²) in [6, 6.07) is 27.7. The van der Waals surface area contributed by atoms with Crippen LogP contribution in [0, 0.1) is 5.92 Å². The molecular formula is C34H35N3O4. The zero-order valence-electron chi connectivity index (χ0n) is 23.7. The summed E-state index contributed by atoms with van der Waals surface area (Å²) < 4.78 is 5.42. The molecule has 3 amide bonds. The monoisotopic (exact) mass is 549 g/mol. The molecule has 0 saturated carbocycles. The molecule has 0 radical (unpaired) electrons. The van der Waals surface area contributed by atoms with Gasteiger partial charge in [0.2, 0.25) is 11.8 Å². The van der Waals surface area contributed by atoms with Gasteiger partial charge in [-0.3, -0.25) is 19.3 Å². The fraction of sp³-hybridized carbons (Fsp3) is 0.265. The Balaban J connectivity index is 1.51. The third-order valence-corrected chi connectivity index (χ3v) is 7.39. The highest BCUT2D eigenvalue weighted by Gasteiger charge is 2.35. The average Bonchev–Trinajstić information content (AvgIpc) is 3.26. The first-order valence-electron chi connectivity index (χ1n) is 13.9. The number of methoxy groups -OCH3 is 1. The molecule has 0 fully saturated rings. The SMILES string of the molecule is COc1cccc(CN(C(=O)CN2C(=O)c3cccc4cccc2c34)[C@@H](Cc2ccccc2)C(=O)NCC(C)C)c1. The number of nitrogens with one attached hydrogen (secondary N) is 1. The van der Waals surface area contributed by atoms with Crippen LogP contribution >= 0.6 is 0 Å². The highest BCUT2D eigenvalue weighted by atomic mass is 16.5. The first-order valence-corrected chi connectivity index (χ1v) is 13.9. The van der Waals surface area contributed by atoms with Gasteiger partial charge >= 0.3 is 0 Å². The Morgan fingerprint density at radius 3 is 2.34 bits per heavy atom. The summed E-state index contributed by atoms with van der Waals surface area (Å²) >= 11 is 0. The van der Waals surface area contributed by atoms with Crippen LogP contribution in [-0.4, -0.2) is 48.9 Å². The summed E-state index contributed by atoms with van der Waals surface area (Å²) in [7, 11) is 1.59. The van der Waals surface area contributed by atoms with Crippen molar-refractivity contribution in [2.75, 3.05) is 25.1 Å². The molecule has 0 unspecified atom stereocenters. The van der Waals surface area contributed by atoms with Crippen LogP contribution < -0.4 is 15.0 Å². The molecule has 0 aliphatic carbocycles. The minimum atomic E-state index is -0.786. The molecule has 1 heterocycles. The molecule has 210 valence electrons. The van der Waals surface area contributed by atoms with Crippen LogP contribution in [0.5, 0.6) is 5.75 Å². The fourth-order valence-corrected chi connectivity index (χ4v) is 5.31. The third kappa shape index (κ3) is 6.09. The van der Waals surface area contributed by atoms with E-state index in [1.807, 2.05) is 98.8 Å². The smallest absolute Gasteiger partial charge is 0.259 e. The molecule has 0 spiro atoms. The van der Waals surface area contributed by atoms with Crippen molar-refractivity contribution in [2.24, 2.45) is 5.92 Å². The van der Waals surface area contributed by atoms with Crippen molar-refractivity contribution in [2.45, 2.75) is 32.9 Å². The Hall–Kier alpha value is -4.65. The van der Waals surface area contributed by atoms with Crippen molar-refractivity contribution in [3.8, 4) is 5.75 Å². The van der Waals surface area contributed by atoms with E-state index >= 15 is 0 Å². The lowest BCUT2D eigenvalue weighted by molar-refractivity contribution is -0.140. The van der Waals surface area contributed by atoms with Gasteiger partial charge in [0.15, 0.2) is 0 Å². The van der Waals surface area contributed by atoms with E-state index in [0.717, 1.165) is 21.9 Å². The number of hydrogen-bond acceptors (Lipinski definition) is 4. The maximum atomic E-state index is 14.3.